The fourth-order valence-electron chi connectivity index (χ4n) is 3.76. The number of barbiturate groups is 1. The number of aromatic carboxylic acids is 1. The summed E-state index contributed by atoms with van der Waals surface area (Å²) in [5.74, 6) is -2.65. The number of benzene rings is 3. The number of rotatable bonds is 9. The molecule has 0 spiro atoms. The molecular formula is C27H20ClN3O9. The third-order valence-electron chi connectivity index (χ3n) is 5.65. The Morgan fingerprint density at radius 1 is 1.07 bits per heavy atom. The first kappa shape index (κ1) is 27.8. The Kier molecular flexibility index (Phi) is 8.10. The van der Waals surface area contributed by atoms with Crippen molar-refractivity contribution in [1.29, 1.82) is 0 Å². The number of ether oxygens (including phenoxy) is 2. The Bertz CT molecular complexity index is 1550. The van der Waals surface area contributed by atoms with Gasteiger partial charge in [0.1, 0.15) is 12.2 Å². The zero-order valence-corrected chi connectivity index (χ0v) is 21.5. The van der Waals surface area contributed by atoms with Crippen molar-refractivity contribution in [3.63, 3.8) is 0 Å². The van der Waals surface area contributed by atoms with E-state index in [4.69, 9.17) is 26.2 Å². The molecule has 4 rings (SSSR count). The van der Waals surface area contributed by atoms with Crippen LogP contribution in [-0.4, -0.2) is 40.5 Å². The molecule has 1 aliphatic rings. The predicted octanol–water partition coefficient (Wildman–Crippen LogP) is 4.59. The van der Waals surface area contributed by atoms with Gasteiger partial charge >= 0.3 is 12.0 Å². The van der Waals surface area contributed by atoms with Crippen LogP contribution in [0.15, 0.2) is 66.2 Å². The molecule has 1 fully saturated rings. The van der Waals surface area contributed by atoms with Crippen LogP contribution in [0.3, 0.4) is 0 Å². The van der Waals surface area contributed by atoms with E-state index in [1.807, 2.05) is 0 Å². The normalized spacial score (nSPS) is 14.2. The lowest BCUT2D eigenvalue weighted by Gasteiger charge is -2.26. The largest absolute Gasteiger partial charge is 0.490 e. The van der Waals surface area contributed by atoms with E-state index < -0.39 is 28.7 Å². The maximum absolute atomic E-state index is 13.2. The van der Waals surface area contributed by atoms with Crippen molar-refractivity contribution in [2.45, 2.75) is 13.5 Å². The number of hydrogen-bond donors (Lipinski definition) is 2. The topological polar surface area (TPSA) is 165 Å². The highest BCUT2D eigenvalue weighted by molar-refractivity contribution is 6.39. The average molecular weight is 566 g/mol. The SMILES string of the molecule is CCOc1cc(/C=C2\C(=O)NC(=O)N(c3ccc(C(=O)O)cc3)C2=O)cc(Cl)c1OCc1ccc([N+](=O)[O-])cc1. The number of carboxylic acids is 1. The number of nitro groups is 1. The number of nitrogens with zero attached hydrogens (tertiary/aromatic N) is 2. The van der Waals surface area contributed by atoms with Crippen LogP contribution in [0.4, 0.5) is 16.2 Å². The Labute approximate surface area is 231 Å². The summed E-state index contributed by atoms with van der Waals surface area (Å²) in [6.07, 6.45) is 1.23. The number of nitrogens with one attached hydrogen (secondary N) is 1. The second kappa shape index (κ2) is 11.7. The zero-order chi connectivity index (χ0) is 29.0. The third-order valence-corrected chi connectivity index (χ3v) is 5.93. The number of anilines is 1. The molecule has 0 aliphatic carbocycles. The molecule has 1 saturated heterocycles. The van der Waals surface area contributed by atoms with Gasteiger partial charge in [0.2, 0.25) is 0 Å². The molecule has 0 unspecified atom stereocenters. The van der Waals surface area contributed by atoms with Crippen molar-refractivity contribution in [1.82, 2.24) is 5.32 Å². The lowest BCUT2D eigenvalue weighted by atomic mass is 10.1. The standard InChI is InChI=1S/C27H20ClN3O9/c1-2-39-22-13-16(12-21(28)23(22)40-14-15-3-7-19(8-4-15)31(37)38)11-20-24(32)29-27(36)30(25(20)33)18-9-5-17(6-10-18)26(34)35/h3-13H,2,14H2,1H3,(H,34,35)(H,29,32,36)/b20-11+. The Morgan fingerprint density at radius 3 is 2.35 bits per heavy atom. The van der Waals surface area contributed by atoms with Gasteiger partial charge in [-0.25, -0.2) is 14.5 Å². The minimum atomic E-state index is -1.18. The van der Waals surface area contributed by atoms with Gasteiger partial charge in [0, 0.05) is 12.1 Å². The number of urea groups is 1. The van der Waals surface area contributed by atoms with E-state index in [2.05, 4.69) is 5.32 Å². The smallest absolute Gasteiger partial charge is 0.335 e. The molecule has 40 heavy (non-hydrogen) atoms. The number of hydrogen-bond acceptors (Lipinski definition) is 8. The highest BCUT2D eigenvalue weighted by atomic mass is 35.5. The van der Waals surface area contributed by atoms with E-state index in [0.29, 0.717) is 16.0 Å². The van der Waals surface area contributed by atoms with Gasteiger partial charge in [-0.2, -0.15) is 0 Å². The first-order valence-corrected chi connectivity index (χ1v) is 12.0. The molecule has 4 amide bonds. The lowest BCUT2D eigenvalue weighted by Crippen LogP contribution is -2.54. The van der Waals surface area contributed by atoms with Crippen LogP contribution in [0.2, 0.25) is 5.02 Å². The van der Waals surface area contributed by atoms with Gasteiger partial charge in [0.15, 0.2) is 11.5 Å². The Morgan fingerprint density at radius 2 is 1.75 bits per heavy atom. The molecule has 1 heterocycles. The summed E-state index contributed by atoms with van der Waals surface area (Å²) in [7, 11) is 0. The molecule has 204 valence electrons. The molecule has 0 saturated carbocycles. The maximum Gasteiger partial charge on any atom is 0.335 e. The van der Waals surface area contributed by atoms with Crippen LogP contribution in [0.1, 0.15) is 28.4 Å². The number of amides is 4. The van der Waals surface area contributed by atoms with Gasteiger partial charge in [-0.1, -0.05) is 11.6 Å². The van der Waals surface area contributed by atoms with Crippen LogP contribution in [0.5, 0.6) is 11.5 Å². The van der Waals surface area contributed by atoms with E-state index in [1.54, 1.807) is 19.1 Å². The fourth-order valence-corrected chi connectivity index (χ4v) is 4.03. The van der Waals surface area contributed by atoms with E-state index in [-0.39, 0.29) is 52.2 Å². The highest BCUT2D eigenvalue weighted by Crippen LogP contribution is 2.38. The van der Waals surface area contributed by atoms with Gasteiger partial charge in [-0.05, 0) is 72.7 Å². The lowest BCUT2D eigenvalue weighted by molar-refractivity contribution is -0.384. The second-order valence-corrected chi connectivity index (χ2v) is 8.69. The molecule has 0 aromatic heterocycles. The molecule has 0 bridgehead atoms. The van der Waals surface area contributed by atoms with Crippen molar-refractivity contribution in [3.8, 4) is 11.5 Å². The van der Waals surface area contributed by atoms with Crippen LogP contribution >= 0.6 is 11.6 Å². The molecule has 3 aromatic carbocycles. The molecule has 0 atom stereocenters. The number of non-ortho nitro benzene ring substituents is 1. The van der Waals surface area contributed by atoms with Gasteiger partial charge in [0.05, 0.1) is 27.8 Å². The van der Waals surface area contributed by atoms with Gasteiger partial charge < -0.3 is 14.6 Å². The molecular weight excluding hydrogens is 546 g/mol. The first-order chi connectivity index (χ1) is 19.1. The Hall–Kier alpha value is -5.23. The molecule has 3 aromatic rings. The van der Waals surface area contributed by atoms with Crippen molar-refractivity contribution < 1.29 is 38.7 Å². The van der Waals surface area contributed by atoms with Gasteiger partial charge in [-0.15, -0.1) is 0 Å². The van der Waals surface area contributed by atoms with Crippen molar-refractivity contribution in [2.24, 2.45) is 0 Å². The predicted molar refractivity (Wildman–Crippen MR) is 142 cm³/mol. The highest BCUT2D eigenvalue weighted by Gasteiger charge is 2.37. The quantitative estimate of drug-likeness (QED) is 0.163. The summed E-state index contributed by atoms with van der Waals surface area (Å²) in [4.78, 5) is 60.4. The molecule has 2 N–H and O–H groups in total. The summed E-state index contributed by atoms with van der Waals surface area (Å²) >= 11 is 6.46. The third kappa shape index (κ3) is 5.92. The number of carbonyl (C=O) groups excluding carboxylic acids is 3. The summed E-state index contributed by atoms with van der Waals surface area (Å²) in [5.41, 5.74) is 0.516. The van der Waals surface area contributed by atoms with Crippen LogP contribution in [-0.2, 0) is 16.2 Å². The number of imide groups is 2. The van der Waals surface area contributed by atoms with Crippen LogP contribution in [0, 0.1) is 10.1 Å². The van der Waals surface area contributed by atoms with E-state index in [1.165, 1.54) is 54.6 Å². The van der Waals surface area contributed by atoms with Crippen molar-refractivity contribution in [2.75, 3.05) is 11.5 Å². The first-order valence-electron chi connectivity index (χ1n) is 11.7. The molecule has 13 heteroatoms. The molecule has 12 nitrogen and oxygen atoms in total. The van der Waals surface area contributed by atoms with Gasteiger partial charge in [-0.3, -0.25) is 25.0 Å². The summed E-state index contributed by atoms with van der Waals surface area (Å²) in [6.45, 7) is 1.99. The van der Waals surface area contributed by atoms with Crippen LogP contribution in [0.25, 0.3) is 6.08 Å². The monoisotopic (exact) mass is 565 g/mol. The minimum Gasteiger partial charge on any atom is -0.490 e. The fraction of sp³-hybridized carbons (Fsp3) is 0.111. The van der Waals surface area contributed by atoms with E-state index >= 15 is 0 Å². The van der Waals surface area contributed by atoms with Gasteiger partial charge in [0.25, 0.3) is 17.5 Å². The van der Waals surface area contributed by atoms with Crippen molar-refractivity contribution in [3.05, 3.63) is 98.1 Å². The number of nitro benzene ring substituents is 1. The number of carbonyl (C=O) groups is 4. The molecule has 1 aliphatic heterocycles. The summed E-state index contributed by atoms with van der Waals surface area (Å²) in [5, 5.41) is 22.1. The average Bonchev–Trinajstić information content (AvgIpc) is 2.91. The number of halogens is 1. The Balaban J connectivity index is 1.62. The van der Waals surface area contributed by atoms with E-state index in [0.717, 1.165) is 0 Å². The molecule has 0 radical (unpaired) electrons. The number of carboxylic acid groups (broad SMARTS) is 1. The minimum absolute atomic E-state index is 0.0247. The van der Waals surface area contributed by atoms with Crippen molar-refractivity contribution >= 4 is 52.9 Å². The summed E-state index contributed by atoms with van der Waals surface area (Å²) < 4.78 is 11.5. The second-order valence-electron chi connectivity index (χ2n) is 8.29. The van der Waals surface area contributed by atoms with E-state index in [9.17, 15) is 29.3 Å². The maximum atomic E-state index is 13.2. The summed E-state index contributed by atoms with van der Waals surface area (Å²) in [6, 6.07) is 12.7. The zero-order valence-electron chi connectivity index (χ0n) is 20.8. The van der Waals surface area contributed by atoms with Crippen LogP contribution < -0.4 is 19.7 Å².